The minimum Gasteiger partial charge on any atom is -0.542 e. The fourth-order valence-corrected chi connectivity index (χ4v) is 4.81. The standard InChI is InChI=1S/C21H23N5O.2C2HF3O2/c22-21(27)19-3-1-2-15-13-26(24-20(15)19)18-6-4-14(5-7-18)10-25-11-16-8-23-9-17(16)12-25;2*3-2(4,5)1(6)7/h1-7,13,16-17,23H,8-12H2,(H2,22,27);2*(H,6,7). The topological polar surface area (TPSA) is 162 Å². The molecule has 41 heavy (non-hydrogen) atoms. The van der Waals surface area contributed by atoms with Crippen molar-refractivity contribution in [2.75, 3.05) is 26.2 Å². The summed E-state index contributed by atoms with van der Waals surface area (Å²) in [5, 5.41) is 25.5. The fourth-order valence-electron chi connectivity index (χ4n) is 4.81. The number of primary amides is 1. The quantitative estimate of drug-likeness (QED) is 0.296. The van der Waals surface area contributed by atoms with Crippen LogP contribution in [0.2, 0.25) is 0 Å². The normalized spacial score (nSPS) is 19.9. The van der Waals surface area contributed by atoms with Crippen molar-refractivity contribution in [2.24, 2.45) is 17.6 Å². The number of benzene rings is 2. The Morgan fingerprint density at radius 3 is 1.90 bits per heavy atom. The van der Waals surface area contributed by atoms with E-state index >= 15 is 0 Å². The first kappa shape index (κ1) is 31.3. The van der Waals surface area contributed by atoms with E-state index in [1.165, 1.54) is 31.7 Å². The van der Waals surface area contributed by atoms with Gasteiger partial charge in [-0.3, -0.25) is 4.79 Å². The van der Waals surface area contributed by atoms with Crippen LogP contribution in [0.5, 0.6) is 0 Å². The van der Waals surface area contributed by atoms with E-state index in [1.54, 1.807) is 11.0 Å². The van der Waals surface area contributed by atoms with Gasteiger partial charge in [0.25, 0.3) is 5.91 Å². The van der Waals surface area contributed by atoms with Crippen molar-refractivity contribution in [3.63, 3.8) is 0 Å². The van der Waals surface area contributed by atoms with Crippen LogP contribution in [-0.2, 0) is 16.1 Å². The number of carbonyl (C=O) groups is 3. The maximum atomic E-state index is 11.6. The average molecular weight is 589 g/mol. The van der Waals surface area contributed by atoms with E-state index in [0.717, 1.165) is 29.5 Å². The highest BCUT2D eigenvalue weighted by Crippen LogP contribution is 2.20. The predicted octanol–water partition coefficient (Wildman–Crippen LogP) is -2.07. The van der Waals surface area contributed by atoms with Crippen molar-refractivity contribution in [3.05, 3.63) is 59.8 Å². The van der Waals surface area contributed by atoms with Crippen molar-refractivity contribution < 1.29 is 61.2 Å². The number of fused-ring (bicyclic) bond motifs is 2. The molecular formula is C25H25F6N5O5. The van der Waals surface area contributed by atoms with Gasteiger partial charge in [0.05, 0.1) is 49.3 Å². The molecule has 0 radical (unpaired) electrons. The maximum absolute atomic E-state index is 11.6. The Morgan fingerprint density at radius 1 is 0.927 bits per heavy atom. The minimum absolute atomic E-state index is 0.447. The number of likely N-dealkylation sites (tertiary alicyclic amines) is 1. The van der Waals surface area contributed by atoms with Crippen LogP contribution in [0.3, 0.4) is 0 Å². The van der Waals surface area contributed by atoms with Gasteiger partial charge in [-0.2, -0.15) is 31.4 Å². The molecule has 1 amide bonds. The lowest BCUT2D eigenvalue weighted by molar-refractivity contribution is -0.907. The SMILES string of the molecule is NC(=O)c1cccc2cn(-c3ccc(C[NH+]4CC5C[NH2+]CC5C4)cc3)nc12.O=C([O-])C(F)(F)F.O=C([O-])C(F)(F)F. The first-order chi connectivity index (χ1) is 19.1. The van der Waals surface area contributed by atoms with Crippen molar-refractivity contribution in [2.45, 2.75) is 18.9 Å². The Hall–Kier alpha value is -4.18. The summed E-state index contributed by atoms with van der Waals surface area (Å²) in [6.45, 7) is 6.34. The molecule has 2 unspecified atom stereocenters. The second-order valence-electron chi connectivity index (χ2n) is 9.53. The number of carboxylic acids is 2. The van der Waals surface area contributed by atoms with Gasteiger partial charge in [-0.15, -0.1) is 0 Å². The van der Waals surface area contributed by atoms with E-state index in [4.69, 9.17) is 25.5 Å². The average Bonchev–Trinajstić information content (AvgIpc) is 3.58. The zero-order valence-corrected chi connectivity index (χ0v) is 21.2. The number of aliphatic carboxylic acids is 2. The number of nitrogens with two attached hydrogens (primary N) is 2. The lowest BCUT2D eigenvalue weighted by Gasteiger charge is -2.14. The van der Waals surface area contributed by atoms with Crippen molar-refractivity contribution >= 4 is 28.7 Å². The summed E-state index contributed by atoms with van der Waals surface area (Å²) in [5.74, 6) is -4.64. The van der Waals surface area contributed by atoms with Crippen molar-refractivity contribution in [3.8, 4) is 5.69 Å². The summed E-state index contributed by atoms with van der Waals surface area (Å²) in [4.78, 5) is 30.9. The maximum Gasteiger partial charge on any atom is 0.430 e. The molecule has 0 bridgehead atoms. The molecule has 0 aliphatic carbocycles. The summed E-state index contributed by atoms with van der Waals surface area (Å²) in [6, 6.07) is 14.1. The molecule has 2 fully saturated rings. The first-order valence-electron chi connectivity index (χ1n) is 12.1. The number of hydrogen-bond donors (Lipinski definition) is 3. The summed E-state index contributed by atoms with van der Waals surface area (Å²) >= 11 is 0. The molecule has 2 aliphatic heterocycles. The van der Waals surface area contributed by atoms with E-state index in [2.05, 4.69) is 34.7 Å². The van der Waals surface area contributed by atoms with Crippen molar-refractivity contribution in [1.82, 2.24) is 9.78 Å². The fraction of sp³-hybridized carbons (Fsp3) is 0.360. The zero-order valence-electron chi connectivity index (χ0n) is 21.2. The van der Waals surface area contributed by atoms with Gasteiger partial charge in [-0.1, -0.05) is 24.3 Å². The second kappa shape index (κ2) is 12.6. The molecule has 0 spiro atoms. The van der Waals surface area contributed by atoms with Crippen LogP contribution < -0.4 is 26.2 Å². The van der Waals surface area contributed by atoms with Crippen LogP contribution in [0.25, 0.3) is 16.6 Å². The summed E-state index contributed by atoms with van der Waals surface area (Å²) in [5.41, 5.74) is 8.94. The third kappa shape index (κ3) is 8.40. The van der Waals surface area contributed by atoms with E-state index < -0.39 is 30.2 Å². The molecule has 2 aromatic carbocycles. The number of aromatic nitrogens is 2. The van der Waals surface area contributed by atoms with Crippen LogP contribution in [-0.4, -0.2) is 66.2 Å². The van der Waals surface area contributed by atoms with Gasteiger partial charge >= 0.3 is 12.4 Å². The lowest BCUT2D eigenvalue weighted by atomic mass is 10.0. The monoisotopic (exact) mass is 589 g/mol. The number of nitrogens with one attached hydrogen (secondary N) is 1. The molecule has 5 rings (SSSR count). The minimum atomic E-state index is -5.19. The number of carboxylic acid groups (broad SMARTS) is 2. The molecule has 10 nitrogen and oxygen atoms in total. The Balaban J connectivity index is 0.000000276. The number of halogens is 6. The summed E-state index contributed by atoms with van der Waals surface area (Å²) in [6.07, 6.45) is -8.44. The third-order valence-corrected chi connectivity index (χ3v) is 6.63. The molecule has 2 aliphatic rings. The molecule has 3 heterocycles. The molecule has 0 saturated carbocycles. The van der Waals surface area contributed by atoms with Gasteiger partial charge in [-0.05, 0) is 18.2 Å². The number of rotatable bonds is 4. The van der Waals surface area contributed by atoms with Crippen LogP contribution in [0, 0.1) is 11.8 Å². The molecule has 2 saturated heterocycles. The second-order valence-corrected chi connectivity index (χ2v) is 9.53. The molecule has 2 atom stereocenters. The summed E-state index contributed by atoms with van der Waals surface area (Å²) in [7, 11) is 0. The molecule has 222 valence electrons. The predicted molar refractivity (Wildman–Crippen MR) is 125 cm³/mol. The van der Waals surface area contributed by atoms with E-state index in [-0.39, 0.29) is 0 Å². The van der Waals surface area contributed by atoms with Gasteiger partial charge in [0.1, 0.15) is 24.0 Å². The van der Waals surface area contributed by atoms with Crippen LogP contribution in [0.1, 0.15) is 15.9 Å². The molecule has 16 heteroatoms. The molecular weight excluding hydrogens is 564 g/mol. The Bertz CT molecular complexity index is 1350. The van der Waals surface area contributed by atoms with Gasteiger partial charge in [0, 0.05) is 17.1 Å². The van der Waals surface area contributed by atoms with Gasteiger partial charge in [-0.25, -0.2) is 4.68 Å². The Labute approximate surface area is 228 Å². The van der Waals surface area contributed by atoms with Gasteiger partial charge in [0.2, 0.25) is 0 Å². The highest BCUT2D eigenvalue weighted by Gasteiger charge is 2.42. The number of carbonyl (C=O) groups excluding carboxylic acids is 3. The number of hydrogen-bond acceptors (Lipinski definition) is 6. The highest BCUT2D eigenvalue weighted by atomic mass is 19.4. The zero-order chi connectivity index (χ0) is 30.5. The number of quaternary nitrogens is 2. The summed E-state index contributed by atoms with van der Waals surface area (Å²) < 4.78 is 64.9. The van der Waals surface area contributed by atoms with Gasteiger partial charge < -0.3 is 35.8 Å². The third-order valence-electron chi connectivity index (χ3n) is 6.63. The number of nitrogens with zero attached hydrogens (tertiary/aromatic N) is 2. The Morgan fingerprint density at radius 2 is 1.44 bits per heavy atom. The smallest absolute Gasteiger partial charge is 0.430 e. The number of alkyl halides is 6. The van der Waals surface area contributed by atoms with Crippen molar-refractivity contribution in [1.29, 1.82) is 0 Å². The molecule has 3 aromatic rings. The van der Waals surface area contributed by atoms with E-state index in [9.17, 15) is 31.1 Å². The van der Waals surface area contributed by atoms with Gasteiger partial charge in [0.15, 0.2) is 0 Å². The Kier molecular flexibility index (Phi) is 9.60. The highest BCUT2D eigenvalue weighted by molar-refractivity contribution is 6.04. The van der Waals surface area contributed by atoms with Crippen LogP contribution >= 0.6 is 0 Å². The van der Waals surface area contributed by atoms with E-state index in [1.807, 2.05) is 23.0 Å². The largest absolute Gasteiger partial charge is 0.542 e. The number of amides is 1. The lowest BCUT2D eigenvalue weighted by Crippen LogP contribution is -3.10. The first-order valence-corrected chi connectivity index (χ1v) is 12.1. The van der Waals surface area contributed by atoms with Crippen LogP contribution in [0.15, 0.2) is 48.7 Å². The van der Waals surface area contributed by atoms with Crippen LogP contribution in [0.4, 0.5) is 26.3 Å². The van der Waals surface area contributed by atoms with E-state index in [0.29, 0.717) is 11.1 Å². The molecule has 5 N–H and O–H groups in total. The molecule has 1 aromatic heterocycles.